The molecule has 0 aliphatic carbocycles. The molecule has 0 amide bonds. The van der Waals surface area contributed by atoms with Gasteiger partial charge in [-0.05, 0) is 24.6 Å². The molecule has 0 radical (unpaired) electrons. The molecular weight excluding hydrogens is 214 g/mol. The van der Waals surface area contributed by atoms with Crippen LogP contribution in [0.25, 0.3) is 0 Å². The van der Waals surface area contributed by atoms with Gasteiger partial charge in [-0.3, -0.25) is 4.79 Å². The van der Waals surface area contributed by atoms with E-state index in [0.717, 1.165) is 0 Å². The molecule has 0 bridgehead atoms. The number of alkyl halides is 1. The smallest absolute Gasteiger partial charge is 0.188 e. The van der Waals surface area contributed by atoms with Crippen molar-refractivity contribution in [3.05, 3.63) is 33.8 Å². The van der Waals surface area contributed by atoms with Gasteiger partial charge in [0.15, 0.2) is 12.0 Å². The summed E-state index contributed by atoms with van der Waals surface area (Å²) in [5.41, 5.74) is -1.80. The van der Waals surface area contributed by atoms with Crippen molar-refractivity contribution in [3.8, 4) is 0 Å². The van der Waals surface area contributed by atoms with Gasteiger partial charge >= 0.3 is 0 Å². The van der Waals surface area contributed by atoms with Crippen molar-refractivity contribution >= 4 is 29.5 Å². The van der Waals surface area contributed by atoms with Gasteiger partial charge in [-0.15, -0.1) is 0 Å². The van der Waals surface area contributed by atoms with E-state index >= 15 is 0 Å². The number of halogens is 3. The average molecular weight is 221 g/mol. The Kier molecular flexibility index (Phi) is 2.94. The van der Waals surface area contributed by atoms with Crippen molar-refractivity contribution in [3.63, 3.8) is 0 Å². The second-order valence-electron chi connectivity index (χ2n) is 2.82. The first kappa shape index (κ1) is 10.5. The van der Waals surface area contributed by atoms with Crippen LogP contribution in [0.5, 0.6) is 0 Å². The minimum atomic E-state index is -2.01. The molecule has 0 N–H and O–H groups in total. The molecule has 0 heterocycles. The number of hydrogen-bond donors (Lipinski definition) is 0. The molecule has 0 fully saturated rings. The standard InChI is InChI=1S/C9H7Cl2FO/c1-9(12,5-13)6-2-3-7(10)8(11)4-6/h2-5H,1H3. The Hall–Kier alpha value is -0.600. The van der Waals surface area contributed by atoms with E-state index in [1.807, 2.05) is 0 Å². The Morgan fingerprint density at radius 1 is 1.38 bits per heavy atom. The van der Waals surface area contributed by atoms with E-state index in [-0.39, 0.29) is 16.9 Å². The summed E-state index contributed by atoms with van der Waals surface area (Å²) in [5, 5.41) is 0.581. The minimum absolute atomic E-state index is 0.205. The summed E-state index contributed by atoms with van der Waals surface area (Å²) in [6, 6.07) is 4.24. The van der Waals surface area contributed by atoms with Crippen molar-refractivity contribution < 1.29 is 9.18 Å². The minimum Gasteiger partial charge on any atom is -0.299 e. The van der Waals surface area contributed by atoms with Crippen LogP contribution in [0.3, 0.4) is 0 Å². The predicted molar refractivity (Wildman–Crippen MR) is 51.0 cm³/mol. The Bertz CT molecular complexity index is 336. The fourth-order valence-corrected chi connectivity index (χ4v) is 1.17. The summed E-state index contributed by atoms with van der Waals surface area (Å²) in [4.78, 5) is 10.4. The largest absolute Gasteiger partial charge is 0.299 e. The average Bonchev–Trinajstić information content (AvgIpc) is 2.09. The molecule has 1 rings (SSSR count). The summed E-state index contributed by atoms with van der Waals surface area (Å²) >= 11 is 11.3. The molecular formula is C9H7Cl2FO. The van der Waals surface area contributed by atoms with Crippen molar-refractivity contribution in [2.75, 3.05) is 0 Å². The van der Waals surface area contributed by atoms with Crippen molar-refractivity contribution in [2.24, 2.45) is 0 Å². The lowest BCUT2D eigenvalue weighted by Crippen LogP contribution is -2.16. The molecule has 0 aliphatic heterocycles. The third kappa shape index (κ3) is 2.20. The molecule has 1 aromatic carbocycles. The second-order valence-corrected chi connectivity index (χ2v) is 3.64. The molecule has 0 saturated heterocycles. The highest BCUT2D eigenvalue weighted by Crippen LogP contribution is 2.29. The highest BCUT2D eigenvalue weighted by atomic mass is 35.5. The molecule has 13 heavy (non-hydrogen) atoms. The zero-order valence-corrected chi connectivity index (χ0v) is 8.36. The van der Waals surface area contributed by atoms with E-state index in [0.29, 0.717) is 5.02 Å². The van der Waals surface area contributed by atoms with Crippen LogP contribution >= 0.6 is 23.2 Å². The molecule has 1 atom stereocenters. The third-order valence-corrected chi connectivity index (χ3v) is 2.44. The van der Waals surface area contributed by atoms with Crippen LogP contribution in [0.2, 0.25) is 10.0 Å². The van der Waals surface area contributed by atoms with Crippen LogP contribution in [-0.2, 0) is 10.5 Å². The predicted octanol–water partition coefficient (Wildman–Crippen LogP) is 3.38. The number of aldehydes is 1. The lowest BCUT2D eigenvalue weighted by molar-refractivity contribution is -0.117. The molecule has 4 heteroatoms. The van der Waals surface area contributed by atoms with E-state index in [1.165, 1.54) is 25.1 Å². The van der Waals surface area contributed by atoms with Crippen LogP contribution < -0.4 is 0 Å². The van der Waals surface area contributed by atoms with E-state index in [1.54, 1.807) is 0 Å². The normalized spacial score (nSPS) is 15.1. The lowest BCUT2D eigenvalue weighted by Gasteiger charge is -2.13. The van der Waals surface area contributed by atoms with Crippen LogP contribution in [0.15, 0.2) is 18.2 Å². The Labute approximate surface area is 85.5 Å². The zero-order valence-electron chi connectivity index (χ0n) is 6.85. The van der Waals surface area contributed by atoms with Crippen molar-refractivity contribution in [2.45, 2.75) is 12.6 Å². The van der Waals surface area contributed by atoms with Crippen LogP contribution in [0.1, 0.15) is 12.5 Å². The van der Waals surface area contributed by atoms with Gasteiger partial charge in [-0.2, -0.15) is 0 Å². The maximum absolute atomic E-state index is 13.4. The van der Waals surface area contributed by atoms with Crippen LogP contribution in [0.4, 0.5) is 4.39 Å². The van der Waals surface area contributed by atoms with Gasteiger partial charge in [-0.25, -0.2) is 4.39 Å². The first-order valence-corrected chi connectivity index (χ1v) is 4.34. The summed E-state index contributed by atoms with van der Waals surface area (Å²) in [5.74, 6) is 0. The highest BCUT2D eigenvalue weighted by molar-refractivity contribution is 6.42. The second kappa shape index (κ2) is 3.64. The first-order valence-electron chi connectivity index (χ1n) is 3.58. The molecule has 70 valence electrons. The SMILES string of the molecule is CC(F)(C=O)c1ccc(Cl)c(Cl)c1. The fourth-order valence-electron chi connectivity index (χ4n) is 0.868. The van der Waals surface area contributed by atoms with E-state index in [9.17, 15) is 9.18 Å². The van der Waals surface area contributed by atoms with Crippen LogP contribution in [-0.4, -0.2) is 6.29 Å². The monoisotopic (exact) mass is 220 g/mol. The van der Waals surface area contributed by atoms with Gasteiger partial charge in [0.25, 0.3) is 0 Å². The number of rotatable bonds is 2. The van der Waals surface area contributed by atoms with Gasteiger partial charge in [0.2, 0.25) is 0 Å². The Morgan fingerprint density at radius 2 is 2.00 bits per heavy atom. The van der Waals surface area contributed by atoms with Crippen LogP contribution in [0, 0.1) is 0 Å². The Balaban J connectivity index is 3.18. The maximum Gasteiger partial charge on any atom is 0.188 e. The summed E-state index contributed by atoms with van der Waals surface area (Å²) in [6.45, 7) is 1.17. The third-order valence-electron chi connectivity index (χ3n) is 1.71. The van der Waals surface area contributed by atoms with E-state index < -0.39 is 5.67 Å². The topological polar surface area (TPSA) is 17.1 Å². The molecule has 1 aromatic rings. The van der Waals surface area contributed by atoms with Gasteiger partial charge in [0, 0.05) is 0 Å². The van der Waals surface area contributed by atoms with Gasteiger partial charge in [-0.1, -0.05) is 29.3 Å². The number of carbonyl (C=O) groups excluding carboxylic acids is 1. The molecule has 0 spiro atoms. The number of carbonyl (C=O) groups is 1. The number of benzene rings is 1. The number of hydrogen-bond acceptors (Lipinski definition) is 1. The van der Waals surface area contributed by atoms with Crippen molar-refractivity contribution in [1.82, 2.24) is 0 Å². The zero-order chi connectivity index (χ0) is 10.1. The summed E-state index contributed by atoms with van der Waals surface area (Å²) < 4.78 is 13.4. The molecule has 1 unspecified atom stereocenters. The van der Waals surface area contributed by atoms with E-state index in [2.05, 4.69) is 0 Å². The van der Waals surface area contributed by atoms with Gasteiger partial charge in [0.1, 0.15) is 0 Å². The molecule has 1 nitrogen and oxygen atoms in total. The Morgan fingerprint density at radius 3 is 2.46 bits per heavy atom. The molecule has 0 aromatic heterocycles. The molecule has 0 saturated carbocycles. The quantitative estimate of drug-likeness (QED) is 0.699. The fraction of sp³-hybridized carbons (Fsp3) is 0.222. The van der Waals surface area contributed by atoms with E-state index in [4.69, 9.17) is 23.2 Å². The summed E-state index contributed by atoms with van der Waals surface area (Å²) in [7, 11) is 0. The van der Waals surface area contributed by atoms with Crippen molar-refractivity contribution in [1.29, 1.82) is 0 Å². The maximum atomic E-state index is 13.4. The van der Waals surface area contributed by atoms with Gasteiger partial charge in [0.05, 0.1) is 10.0 Å². The van der Waals surface area contributed by atoms with Gasteiger partial charge < -0.3 is 0 Å². The highest BCUT2D eigenvalue weighted by Gasteiger charge is 2.25. The first-order chi connectivity index (χ1) is 5.97. The summed E-state index contributed by atoms with van der Waals surface area (Å²) in [6.07, 6.45) is 0.229. The lowest BCUT2D eigenvalue weighted by atomic mass is 10.00. The molecule has 0 aliphatic rings.